The van der Waals surface area contributed by atoms with Crippen molar-refractivity contribution in [2.24, 2.45) is 0 Å². The SMILES string of the molecule is CN(C)Cc1cc(F)cc(CS(=O)(=O)Cl)c1O. The summed E-state index contributed by atoms with van der Waals surface area (Å²) in [6.07, 6.45) is 0. The standard InChI is InChI=1S/C10H13ClFNO3S/c1-13(2)5-7-3-9(12)4-8(10(7)14)6-17(11,15)16/h3-4,14H,5-6H2,1-2H3. The number of hydrogen-bond acceptors (Lipinski definition) is 4. The molecule has 0 amide bonds. The maximum atomic E-state index is 13.3. The van der Waals surface area contributed by atoms with Gasteiger partial charge in [-0.1, -0.05) is 0 Å². The predicted molar refractivity (Wildman–Crippen MR) is 63.9 cm³/mol. The highest BCUT2D eigenvalue weighted by molar-refractivity contribution is 8.13. The first-order valence-electron chi connectivity index (χ1n) is 4.76. The fourth-order valence-electron chi connectivity index (χ4n) is 1.47. The van der Waals surface area contributed by atoms with Gasteiger partial charge in [-0.3, -0.25) is 0 Å². The maximum Gasteiger partial charge on any atom is 0.236 e. The fraction of sp³-hybridized carbons (Fsp3) is 0.400. The van der Waals surface area contributed by atoms with Crippen molar-refractivity contribution in [1.82, 2.24) is 4.90 Å². The summed E-state index contributed by atoms with van der Waals surface area (Å²) in [5, 5.41) is 9.81. The van der Waals surface area contributed by atoms with Gasteiger partial charge in [0, 0.05) is 28.4 Å². The maximum absolute atomic E-state index is 13.3. The molecule has 0 radical (unpaired) electrons. The third-order valence-electron chi connectivity index (χ3n) is 2.05. The number of nitrogens with zero attached hydrogens (tertiary/aromatic N) is 1. The summed E-state index contributed by atoms with van der Waals surface area (Å²) in [6.45, 7) is 0.304. The van der Waals surface area contributed by atoms with Gasteiger partial charge in [0.25, 0.3) is 0 Å². The summed E-state index contributed by atoms with van der Waals surface area (Å²) < 4.78 is 35.1. The van der Waals surface area contributed by atoms with Gasteiger partial charge in [-0.05, 0) is 26.2 Å². The number of rotatable bonds is 4. The molecule has 0 saturated carbocycles. The lowest BCUT2D eigenvalue weighted by atomic mass is 10.1. The van der Waals surface area contributed by atoms with Crippen LogP contribution in [0.1, 0.15) is 11.1 Å². The molecule has 1 aromatic rings. The molecular formula is C10H13ClFNO3S. The van der Waals surface area contributed by atoms with Crippen LogP contribution < -0.4 is 0 Å². The van der Waals surface area contributed by atoms with Crippen LogP contribution in [0.15, 0.2) is 12.1 Å². The minimum Gasteiger partial charge on any atom is -0.507 e. The zero-order valence-electron chi connectivity index (χ0n) is 9.44. The molecule has 0 bridgehead atoms. The topological polar surface area (TPSA) is 57.6 Å². The molecule has 7 heteroatoms. The lowest BCUT2D eigenvalue weighted by Crippen LogP contribution is -2.11. The Morgan fingerprint density at radius 3 is 2.35 bits per heavy atom. The Morgan fingerprint density at radius 2 is 1.88 bits per heavy atom. The Kier molecular flexibility index (Phi) is 4.35. The van der Waals surface area contributed by atoms with Gasteiger partial charge in [0.2, 0.25) is 9.05 Å². The number of benzene rings is 1. The van der Waals surface area contributed by atoms with Crippen LogP contribution in [0.5, 0.6) is 5.75 Å². The minimum absolute atomic E-state index is 0.0307. The number of phenolic OH excluding ortho intramolecular Hbond substituents is 1. The van der Waals surface area contributed by atoms with Crippen LogP contribution in [0, 0.1) is 5.82 Å². The Morgan fingerprint density at radius 1 is 1.35 bits per heavy atom. The van der Waals surface area contributed by atoms with Gasteiger partial charge in [0.15, 0.2) is 0 Å². The molecule has 96 valence electrons. The van der Waals surface area contributed by atoms with E-state index in [-0.39, 0.29) is 11.3 Å². The van der Waals surface area contributed by atoms with Crippen LogP contribution in [-0.2, 0) is 21.3 Å². The third-order valence-corrected chi connectivity index (χ3v) is 3.03. The summed E-state index contributed by atoms with van der Waals surface area (Å²) in [7, 11) is 4.75. The minimum atomic E-state index is -3.83. The van der Waals surface area contributed by atoms with Crippen molar-refractivity contribution in [2.45, 2.75) is 12.3 Å². The zero-order valence-corrected chi connectivity index (χ0v) is 11.0. The van der Waals surface area contributed by atoms with E-state index in [1.807, 2.05) is 0 Å². The highest BCUT2D eigenvalue weighted by Crippen LogP contribution is 2.27. The number of phenols is 1. The predicted octanol–water partition coefficient (Wildman–Crippen LogP) is 1.66. The van der Waals surface area contributed by atoms with Crippen LogP contribution in [0.2, 0.25) is 0 Å². The second kappa shape index (κ2) is 5.20. The fourth-order valence-corrected chi connectivity index (χ4v) is 2.42. The summed E-state index contributed by atoms with van der Waals surface area (Å²) in [4.78, 5) is 1.73. The summed E-state index contributed by atoms with van der Waals surface area (Å²) in [6, 6.07) is 2.13. The molecule has 0 unspecified atom stereocenters. The Hall–Kier alpha value is -0.850. The third kappa shape index (κ3) is 4.49. The molecule has 0 saturated heterocycles. The molecule has 0 aliphatic heterocycles. The van der Waals surface area contributed by atoms with E-state index in [1.165, 1.54) is 6.07 Å². The average molecular weight is 282 g/mol. The number of halogens is 2. The molecule has 0 aliphatic rings. The summed E-state index contributed by atoms with van der Waals surface area (Å²) in [5.74, 6) is -1.43. The molecule has 4 nitrogen and oxygen atoms in total. The molecule has 0 spiro atoms. The van der Waals surface area contributed by atoms with Crippen molar-refractivity contribution in [2.75, 3.05) is 14.1 Å². The molecule has 0 atom stereocenters. The van der Waals surface area contributed by atoms with Crippen molar-refractivity contribution in [3.05, 3.63) is 29.1 Å². The quantitative estimate of drug-likeness (QED) is 0.853. The van der Waals surface area contributed by atoms with E-state index in [2.05, 4.69) is 0 Å². The second-order valence-corrected chi connectivity index (χ2v) is 6.77. The monoisotopic (exact) mass is 281 g/mol. The molecule has 0 aliphatic carbocycles. The van der Waals surface area contributed by atoms with Crippen molar-refractivity contribution in [1.29, 1.82) is 0 Å². The van der Waals surface area contributed by atoms with Gasteiger partial charge >= 0.3 is 0 Å². The highest BCUT2D eigenvalue weighted by Gasteiger charge is 2.16. The largest absolute Gasteiger partial charge is 0.507 e. The van der Waals surface area contributed by atoms with Gasteiger partial charge in [-0.2, -0.15) is 0 Å². The zero-order chi connectivity index (χ0) is 13.2. The van der Waals surface area contributed by atoms with Crippen molar-refractivity contribution >= 4 is 19.7 Å². The molecule has 17 heavy (non-hydrogen) atoms. The number of aromatic hydroxyl groups is 1. The van der Waals surface area contributed by atoms with Crippen molar-refractivity contribution in [3.63, 3.8) is 0 Å². The summed E-state index contributed by atoms with van der Waals surface area (Å²) in [5.41, 5.74) is 0.294. The van der Waals surface area contributed by atoms with Crippen molar-refractivity contribution in [3.8, 4) is 5.75 Å². The lowest BCUT2D eigenvalue weighted by molar-refractivity contribution is 0.383. The van der Waals surface area contributed by atoms with Gasteiger partial charge in [0.1, 0.15) is 11.6 Å². The van der Waals surface area contributed by atoms with Gasteiger partial charge in [-0.15, -0.1) is 0 Å². The van der Waals surface area contributed by atoms with Crippen molar-refractivity contribution < 1.29 is 17.9 Å². The van der Waals surface area contributed by atoms with E-state index in [4.69, 9.17) is 10.7 Å². The smallest absolute Gasteiger partial charge is 0.236 e. The summed E-state index contributed by atoms with van der Waals surface area (Å²) >= 11 is 0. The van der Waals surface area contributed by atoms with E-state index in [9.17, 15) is 17.9 Å². The average Bonchev–Trinajstić information content (AvgIpc) is 2.09. The molecule has 1 aromatic carbocycles. The van der Waals surface area contributed by atoms with Crippen LogP contribution >= 0.6 is 10.7 Å². The molecular weight excluding hydrogens is 269 g/mol. The van der Waals surface area contributed by atoms with Crippen LogP contribution in [0.3, 0.4) is 0 Å². The van der Waals surface area contributed by atoms with E-state index in [0.717, 1.165) is 6.07 Å². The second-order valence-electron chi connectivity index (χ2n) is 3.99. The van der Waals surface area contributed by atoms with E-state index >= 15 is 0 Å². The van der Waals surface area contributed by atoms with Gasteiger partial charge in [-0.25, -0.2) is 12.8 Å². The first kappa shape index (κ1) is 14.2. The van der Waals surface area contributed by atoms with E-state index < -0.39 is 20.6 Å². The van der Waals surface area contributed by atoms with Crippen LogP contribution in [0.4, 0.5) is 4.39 Å². The molecule has 1 N–H and O–H groups in total. The highest BCUT2D eigenvalue weighted by atomic mass is 35.7. The van der Waals surface area contributed by atoms with Crippen LogP contribution in [-0.4, -0.2) is 32.5 Å². The Bertz CT molecular complexity index is 517. The first-order valence-corrected chi connectivity index (χ1v) is 7.24. The Balaban J connectivity index is 3.19. The van der Waals surface area contributed by atoms with Gasteiger partial charge in [0.05, 0.1) is 5.75 Å². The number of hydrogen-bond donors (Lipinski definition) is 1. The molecule has 0 fully saturated rings. The van der Waals surface area contributed by atoms with E-state index in [1.54, 1.807) is 19.0 Å². The molecule has 0 heterocycles. The normalized spacial score (nSPS) is 12.1. The van der Waals surface area contributed by atoms with Crippen LogP contribution in [0.25, 0.3) is 0 Å². The lowest BCUT2D eigenvalue weighted by Gasteiger charge is -2.13. The van der Waals surface area contributed by atoms with Gasteiger partial charge < -0.3 is 10.0 Å². The molecule has 1 rings (SSSR count). The first-order chi connectivity index (χ1) is 7.69. The Labute approximate surface area is 104 Å². The van der Waals surface area contributed by atoms with E-state index in [0.29, 0.717) is 12.1 Å². The molecule has 0 aromatic heterocycles.